The normalized spacial score (nSPS) is 15.6. The van der Waals surface area contributed by atoms with Crippen molar-refractivity contribution in [2.24, 2.45) is 0 Å². The summed E-state index contributed by atoms with van der Waals surface area (Å²) in [4.78, 5) is 14.9. The first-order valence-electron chi connectivity index (χ1n) is 19.8. The first-order valence-corrected chi connectivity index (χ1v) is 19.8. The molecular weight excluding hydrogens is 691 g/mol. The van der Waals surface area contributed by atoms with E-state index >= 15 is 0 Å². The summed E-state index contributed by atoms with van der Waals surface area (Å²) in [5, 5.41) is 5.42. The second kappa shape index (κ2) is 12.4. The molecule has 3 nitrogen and oxygen atoms in total. The van der Waals surface area contributed by atoms with E-state index in [1.54, 1.807) is 0 Å². The molecule has 0 N–H and O–H groups in total. The summed E-state index contributed by atoms with van der Waals surface area (Å²) in [6.45, 7) is 0. The molecule has 1 aromatic heterocycles. The van der Waals surface area contributed by atoms with Crippen molar-refractivity contribution in [1.29, 1.82) is 0 Å². The van der Waals surface area contributed by atoms with Crippen LogP contribution in [0.1, 0.15) is 45.7 Å². The Kier molecular flexibility index (Phi) is 6.97. The van der Waals surface area contributed by atoms with E-state index in [9.17, 15) is 0 Å². The fourth-order valence-corrected chi connectivity index (χ4v) is 9.92. The Morgan fingerprint density at radius 1 is 0.421 bits per heavy atom. The van der Waals surface area contributed by atoms with Gasteiger partial charge in [0.2, 0.25) is 0 Å². The van der Waals surface area contributed by atoms with Crippen molar-refractivity contribution in [1.82, 2.24) is 15.0 Å². The Bertz CT molecular complexity index is 3040. The molecule has 0 amide bonds. The van der Waals surface area contributed by atoms with Crippen molar-refractivity contribution in [2.75, 3.05) is 0 Å². The van der Waals surface area contributed by atoms with Crippen molar-refractivity contribution in [2.45, 2.75) is 17.8 Å². The monoisotopic (exact) mass is 725 g/mol. The molecule has 1 unspecified atom stereocenters. The van der Waals surface area contributed by atoms with Crippen LogP contribution in [-0.2, 0) is 5.41 Å². The van der Waals surface area contributed by atoms with Gasteiger partial charge in [-0.15, -0.1) is 0 Å². The molecule has 0 radical (unpaired) electrons. The Labute approximate surface area is 331 Å². The molecule has 1 atom stereocenters. The number of allylic oxidation sites excluding steroid dienone is 4. The summed E-state index contributed by atoms with van der Waals surface area (Å²) in [7, 11) is 0. The molecule has 57 heavy (non-hydrogen) atoms. The highest BCUT2D eigenvalue weighted by Gasteiger charge is 2.50. The molecule has 266 valence electrons. The zero-order chi connectivity index (χ0) is 37.5. The molecule has 0 saturated heterocycles. The van der Waals surface area contributed by atoms with Gasteiger partial charge in [0, 0.05) is 22.6 Å². The summed E-state index contributed by atoms with van der Waals surface area (Å²) in [6.07, 6.45) is 7.99. The Balaban J connectivity index is 0.948. The van der Waals surface area contributed by atoms with Crippen LogP contribution >= 0.6 is 0 Å². The van der Waals surface area contributed by atoms with Gasteiger partial charge in [-0.25, -0.2) is 15.0 Å². The number of fused-ring (bicyclic) bond motifs is 7. The lowest BCUT2D eigenvalue weighted by Crippen LogP contribution is -2.26. The van der Waals surface area contributed by atoms with Gasteiger partial charge >= 0.3 is 0 Å². The fourth-order valence-electron chi connectivity index (χ4n) is 9.92. The highest BCUT2D eigenvalue weighted by atomic mass is 15.0. The van der Waals surface area contributed by atoms with E-state index in [1.165, 1.54) is 66.1 Å². The van der Waals surface area contributed by atoms with Crippen LogP contribution < -0.4 is 0 Å². The Hall–Kier alpha value is -7.23. The topological polar surface area (TPSA) is 38.7 Å². The predicted octanol–water partition coefficient (Wildman–Crippen LogP) is 13.0. The van der Waals surface area contributed by atoms with Gasteiger partial charge in [-0.1, -0.05) is 188 Å². The van der Waals surface area contributed by atoms with Crippen molar-refractivity contribution < 1.29 is 0 Å². The minimum absolute atomic E-state index is 0.238. The van der Waals surface area contributed by atoms with Gasteiger partial charge < -0.3 is 0 Å². The maximum atomic E-state index is 5.01. The highest BCUT2D eigenvalue weighted by molar-refractivity contribution is 6.17. The van der Waals surface area contributed by atoms with Gasteiger partial charge in [0.25, 0.3) is 0 Å². The molecular formula is C54H35N3. The van der Waals surface area contributed by atoms with Gasteiger partial charge in [-0.05, 0) is 84.1 Å². The smallest absolute Gasteiger partial charge is 0.164 e. The lowest BCUT2D eigenvalue weighted by atomic mass is 9.70. The average Bonchev–Trinajstić information content (AvgIpc) is 3.77. The third-order valence-electron chi connectivity index (χ3n) is 12.4. The van der Waals surface area contributed by atoms with E-state index in [1.807, 2.05) is 60.7 Å². The minimum Gasteiger partial charge on any atom is -0.208 e. The van der Waals surface area contributed by atoms with Crippen molar-refractivity contribution in [3.63, 3.8) is 0 Å². The van der Waals surface area contributed by atoms with Gasteiger partial charge in [0.1, 0.15) is 0 Å². The van der Waals surface area contributed by atoms with E-state index < -0.39 is 0 Å². The van der Waals surface area contributed by atoms with E-state index in [4.69, 9.17) is 15.0 Å². The lowest BCUT2D eigenvalue weighted by molar-refractivity contribution is 0.794. The molecule has 12 rings (SSSR count). The number of rotatable bonds is 5. The van der Waals surface area contributed by atoms with E-state index in [0.717, 1.165) is 28.7 Å². The van der Waals surface area contributed by atoms with Gasteiger partial charge in [-0.3, -0.25) is 0 Å². The first kappa shape index (κ1) is 32.1. The van der Waals surface area contributed by atoms with Crippen LogP contribution in [0.4, 0.5) is 0 Å². The molecule has 9 aromatic rings. The van der Waals surface area contributed by atoms with E-state index in [2.05, 4.69) is 133 Å². The number of nitrogens with zero attached hydrogens (tertiary/aromatic N) is 3. The molecule has 8 aromatic carbocycles. The number of hydrogen-bond donors (Lipinski definition) is 0. The maximum Gasteiger partial charge on any atom is 0.164 e. The second-order valence-corrected chi connectivity index (χ2v) is 15.5. The molecule has 0 fully saturated rings. The summed E-state index contributed by atoms with van der Waals surface area (Å²) < 4.78 is 0. The van der Waals surface area contributed by atoms with Crippen molar-refractivity contribution in [3.05, 3.63) is 228 Å². The molecule has 3 aliphatic carbocycles. The van der Waals surface area contributed by atoms with Gasteiger partial charge in [-0.2, -0.15) is 0 Å². The zero-order valence-corrected chi connectivity index (χ0v) is 31.1. The molecule has 3 heteroatoms. The first-order chi connectivity index (χ1) is 28.2. The van der Waals surface area contributed by atoms with Crippen LogP contribution in [0.2, 0.25) is 0 Å². The second-order valence-electron chi connectivity index (χ2n) is 15.5. The van der Waals surface area contributed by atoms with Crippen LogP contribution in [0.5, 0.6) is 0 Å². The quantitative estimate of drug-likeness (QED) is 0.166. The van der Waals surface area contributed by atoms with Crippen LogP contribution in [0.3, 0.4) is 0 Å². The third kappa shape index (κ3) is 4.76. The SMILES string of the molecule is C1=CC(c2cccc(-c3nc(-c4ccccc4)nc(-c4ccccc4)n3)c2)=CC(c2ccc3c(c2)-c2ccccc2C32c3cccc4ccc5cccc2c5c34)C1. The largest absolute Gasteiger partial charge is 0.208 e. The molecule has 1 heterocycles. The predicted molar refractivity (Wildman–Crippen MR) is 233 cm³/mol. The van der Waals surface area contributed by atoms with Crippen LogP contribution in [0, 0.1) is 0 Å². The summed E-state index contributed by atoms with van der Waals surface area (Å²) >= 11 is 0. The Morgan fingerprint density at radius 2 is 0.965 bits per heavy atom. The molecule has 3 aliphatic rings. The highest BCUT2D eigenvalue weighted by Crippen LogP contribution is 2.62. The summed E-state index contributed by atoms with van der Waals surface area (Å²) in [6, 6.07) is 63.7. The third-order valence-corrected chi connectivity index (χ3v) is 12.4. The molecule has 0 saturated carbocycles. The number of aromatic nitrogens is 3. The van der Waals surface area contributed by atoms with Crippen LogP contribution in [0.25, 0.3) is 72.4 Å². The standard InChI is InChI=1S/C54H35N3/c1-3-13-36(14-4-1)51-55-52(37-15-5-2-6-16-37)57-53(56-51)42-22-10-21-40(32-42)38-19-9-20-39(31-38)41-29-30-46-44(33-41)43-23-7-8-24-45(43)54(46)47-25-11-17-34-27-28-35-18-12-26-48(54)50(35)49(34)47/h1-19,21-33,39H,20H2. The summed E-state index contributed by atoms with van der Waals surface area (Å²) in [5.74, 6) is 2.23. The van der Waals surface area contributed by atoms with E-state index in [-0.39, 0.29) is 11.3 Å². The van der Waals surface area contributed by atoms with Crippen molar-refractivity contribution in [3.8, 4) is 45.3 Å². The van der Waals surface area contributed by atoms with E-state index in [0.29, 0.717) is 17.5 Å². The lowest BCUT2D eigenvalue weighted by Gasteiger charge is -2.31. The molecule has 0 bridgehead atoms. The van der Waals surface area contributed by atoms with Gasteiger partial charge in [0.15, 0.2) is 17.5 Å². The molecule has 1 spiro atoms. The number of hydrogen-bond acceptors (Lipinski definition) is 3. The minimum atomic E-state index is -0.336. The van der Waals surface area contributed by atoms with Crippen LogP contribution in [-0.4, -0.2) is 15.0 Å². The Morgan fingerprint density at radius 3 is 1.65 bits per heavy atom. The maximum absolute atomic E-state index is 5.01. The van der Waals surface area contributed by atoms with Gasteiger partial charge in [0.05, 0.1) is 5.41 Å². The van der Waals surface area contributed by atoms with Crippen molar-refractivity contribution >= 4 is 27.1 Å². The fraction of sp³-hybridized carbons (Fsp3) is 0.0556. The number of benzene rings is 8. The summed E-state index contributed by atoms with van der Waals surface area (Å²) in [5.41, 5.74) is 14.5. The molecule has 0 aliphatic heterocycles. The van der Waals surface area contributed by atoms with Crippen LogP contribution in [0.15, 0.2) is 194 Å². The zero-order valence-electron chi connectivity index (χ0n) is 31.1. The average molecular weight is 726 g/mol.